The number of pyridine rings is 1. The van der Waals surface area contributed by atoms with Crippen LogP contribution in [0, 0.1) is 5.82 Å². The van der Waals surface area contributed by atoms with E-state index in [0.717, 1.165) is 17.4 Å². The summed E-state index contributed by atoms with van der Waals surface area (Å²) in [7, 11) is 3.12. The number of hydrogen-bond acceptors (Lipinski definition) is 7. The molecular weight excluding hydrogens is 463 g/mol. The molecule has 0 saturated heterocycles. The quantitative estimate of drug-likeness (QED) is 0.356. The first-order valence-corrected chi connectivity index (χ1v) is 11.8. The molecule has 0 amide bonds. The summed E-state index contributed by atoms with van der Waals surface area (Å²) in [4.78, 5) is 18.1. The van der Waals surface area contributed by atoms with Crippen molar-refractivity contribution in [3.05, 3.63) is 75.6 Å². The summed E-state index contributed by atoms with van der Waals surface area (Å²) in [6, 6.07) is 11.8. The summed E-state index contributed by atoms with van der Waals surface area (Å²) in [5.41, 5.74) is 1.67. The lowest BCUT2D eigenvalue weighted by atomic mass is 10.0. The maximum absolute atomic E-state index is 13.5. The number of nitrogens with zero attached hydrogens (tertiary/aromatic N) is 5. The van der Waals surface area contributed by atoms with Crippen molar-refractivity contribution in [3.63, 3.8) is 0 Å². The molecule has 2 aromatic carbocycles. The molecule has 36 heavy (non-hydrogen) atoms. The van der Waals surface area contributed by atoms with Gasteiger partial charge in [0.25, 0.3) is 5.56 Å². The van der Waals surface area contributed by atoms with Gasteiger partial charge in [-0.1, -0.05) is 19.1 Å². The molecule has 0 aliphatic heterocycles. The van der Waals surface area contributed by atoms with E-state index in [-0.39, 0.29) is 16.9 Å². The highest BCUT2D eigenvalue weighted by molar-refractivity contribution is 5.83. The molecule has 0 unspecified atom stereocenters. The molecule has 0 fully saturated rings. The van der Waals surface area contributed by atoms with Crippen molar-refractivity contribution < 1.29 is 13.9 Å². The average Bonchev–Trinajstić information content (AvgIpc) is 3.34. The third-order valence-corrected chi connectivity index (χ3v) is 6.48. The molecule has 0 saturated carbocycles. The Morgan fingerprint density at radius 3 is 2.39 bits per heavy atom. The van der Waals surface area contributed by atoms with Gasteiger partial charge >= 0.3 is 0 Å². The van der Waals surface area contributed by atoms with Crippen LogP contribution in [0.25, 0.3) is 10.9 Å². The van der Waals surface area contributed by atoms with Crippen LogP contribution in [0.5, 0.6) is 11.5 Å². The van der Waals surface area contributed by atoms with E-state index in [2.05, 4.69) is 46.2 Å². The van der Waals surface area contributed by atoms with Gasteiger partial charge in [0.05, 0.1) is 31.8 Å². The molecule has 4 aromatic rings. The van der Waals surface area contributed by atoms with Gasteiger partial charge in [-0.2, -0.15) is 0 Å². The predicted octanol–water partition coefficient (Wildman–Crippen LogP) is 4.02. The van der Waals surface area contributed by atoms with Gasteiger partial charge in [0.2, 0.25) is 0 Å². The number of benzene rings is 2. The monoisotopic (exact) mass is 494 g/mol. The zero-order valence-electron chi connectivity index (χ0n) is 21.2. The smallest absolute Gasteiger partial charge is 0.252 e. The van der Waals surface area contributed by atoms with Gasteiger partial charge in [-0.15, -0.1) is 5.10 Å². The number of ether oxygens (including phenoxy) is 2. The Morgan fingerprint density at radius 2 is 1.72 bits per heavy atom. The minimum atomic E-state index is -0.297. The molecule has 0 radical (unpaired) electrons. The zero-order valence-corrected chi connectivity index (χ0v) is 21.2. The van der Waals surface area contributed by atoms with E-state index in [0.29, 0.717) is 48.0 Å². The Labute approximate surface area is 208 Å². The third kappa shape index (κ3) is 5.38. The Balaban J connectivity index is 1.70. The van der Waals surface area contributed by atoms with Gasteiger partial charge in [-0.25, -0.2) is 9.07 Å². The normalized spacial score (nSPS) is 11.9. The van der Waals surface area contributed by atoms with Crippen LogP contribution in [-0.4, -0.2) is 44.3 Å². The van der Waals surface area contributed by atoms with Crippen molar-refractivity contribution in [1.29, 1.82) is 0 Å². The lowest BCUT2D eigenvalue weighted by molar-refractivity contribution is 0.217. The molecular formula is C26H31FN6O3. The lowest BCUT2D eigenvalue weighted by Gasteiger charge is -2.27. The highest BCUT2D eigenvalue weighted by atomic mass is 19.1. The molecule has 0 aliphatic carbocycles. The van der Waals surface area contributed by atoms with Crippen LogP contribution < -0.4 is 15.0 Å². The highest BCUT2D eigenvalue weighted by Crippen LogP contribution is 2.31. The summed E-state index contributed by atoms with van der Waals surface area (Å²) in [5, 5.41) is 13.2. The molecule has 0 atom stereocenters. The molecule has 190 valence electrons. The Hall–Kier alpha value is -3.79. The van der Waals surface area contributed by atoms with Crippen molar-refractivity contribution >= 4 is 10.9 Å². The topological polar surface area (TPSA) is 98.2 Å². The zero-order chi connectivity index (χ0) is 25.9. The fraction of sp³-hybridized carbons (Fsp3) is 0.385. The van der Waals surface area contributed by atoms with E-state index >= 15 is 0 Å². The predicted molar refractivity (Wildman–Crippen MR) is 134 cm³/mol. The molecule has 4 rings (SSSR count). The van der Waals surface area contributed by atoms with E-state index in [1.807, 2.05) is 16.8 Å². The number of halogens is 1. The van der Waals surface area contributed by atoms with Crippen molar-refractivity contribution in [2.45, 2.75) is 52.4 Å². The van der Waals surface area contributed by atoms with Crippen LogP contribution in [0.4, 0.5) is 4.39 Å². The van der Waals surface area contributed by atoms with Gasteiger partial charge in [0.15, 0.2) is 17.3 Å². The molecule has 2 aromatic heterocycles. The van der Waals surface area contributed by atoms with Crippen LogP contribution in [-0.2, 0) is 25.2 Å². The van der Waals surface area contributed by atoms with E-state index in [1.165, 1.54) is 12.1 Å². The van der Waals surface area contributed by atoms with Crippen molar-refractivity contribution in [3.8, 4) is 11.5 Å². The Morgan fingerprint density at radius 1 is 1.03 bits per heavy atom. The second-order valence-corrected chi connectivity index (χ2v) is 9.36. The SMILES string of the molecule is CCC(C)(C)n1nnnc1CN(Cc1ccc(F)cc1)Cc1cc2cc(OC)c(OC)cc2[nH]c1=O. The maximum atomic E-state index is 13.5. The molecule has 1 N–H and O–H groups in total. The second-order valence-electron chi connectivity index (χ2n) is 9.36. The molecule has 10 heteroatoms. The Bertz CT molecular complexity index is 1400. The van der Waals surface area contributed by atoms with E-state index in [1.54, 1.807) is 32.4 Å². The van der Waals surface area contributed by atoms with E-state index < -0.39 is 0 Å². The van der Waals surface area contributed by atoms with Crippen LogP contribution in [0.1, 0.15) is 44.1 Å². The second kappa shape index (κ2) is 10.4. The van der Waals surface area contributed by atoms with Crippen molar-refractivity contribution in [1.82, 2.24) is 30.1 Å². The number of aromatic amines is 1. The summed E-state index contributed by atoms with van der Waals surface area (Å²) in [5.74, 6) is 1.51. The number of hydrogen-bond donors (Lipinski definition) is 1. The number of methoxy groups -OCH3 is 2. The first-order chi connectivity index (χ1) is 17.2. The minimum absolute atomic E-state index is 0.202. The number of H-pyrrole nitrogens is 1. The molecule has 0 spiro atoms. The fourth-order valence-electron chi connectivity index (χ4n) is 4.08. The molecule has 2 heterocycles. The average molecular weight is 495 g/mol. The number of nitrogens with one attached hydrogen (secondary N) is 1. The fourth-order valence-corrected chi connectivity index (χ4v) is 4.08. The molecule has 9 nitrogen and oxygen atoms in total. The van der Waals surface area contributed by atoms with Crippen molar-refractivity contribution in [2.24, 2.45) is 0 Å². The number of tetrazole rings is 1. The lowest BCUT2D eigenvalue weighted by Crippen LogP contribution is -2.32. The number of fused-ring (bicyclic) bond motifs is 1. The van der Waals surface area contributed by atoms with Crippen molar-refractivity contribution in [2.75, 3.05) is 14.2 Å². The largest absolute Gasteiger partial charge is 0.493 e. The van der Waals surface area contributed by atoms with Gasteiger partial charge in [0.1, 0.15) is 5.82 Å². The summed E-state index contributed by atoms with van der Waals surface area (Å²) >= 11 is 0. The minimum Gasteiger partial charge on any atom is -0.493 e. The van der Waals surface area contributed by atoms with E-state index in [9.17, 15) is 9.18 Å². The van der Waals surface area contributed by atoms with Gasteiger partial charge in [0, 0.05) is 30.1 Å². The summed E-state index contributed by atoms with van der Waals surface area (Å²) in [6.45, 7) is 7.44. The van der Waals surface area contributed by atoms with Crippen LogP contribution in [0.3, 0.4) is 0 Å². The van der Waals surface area contributed by atoms with Gasteiger partial charge in [-0.3, -0.25) is 9.69 Å². The van der Waals surface area contributed by atoms with Gasteiger partial charge in [-0.05, 0) is 60.5 Å². The summed E-state index contributed by atoms with van der Waals surface area (Å²) in [6.07, 6.45) is 0.846. The molecule has 0 aliphatic rings. The van der Waals surface area contributed by atoms with Gasteiger partial charge < -0.3 is 14.5 Å². The summed E-state index contributed by atoms with van der Waals surface area (Å²) < 4.78 is 26.1. The number of rotatable bonds is 10. The van der Waals surface area contributed by atoms with Crippen LogP contribution in [0.15, 0.2) is 47.3 Å². The van der Waals surface area contributed by atoms with Crippen LogP contribution in [0.2, 0.25) is 0 Å². The maximum Gasteiger partial charge on any atom is 0.252 e. The number of aromatic nitrogens is 5. The standard InChI is InChI=1S/C26H31FN6O3/c1-6-26(2,3)33-24(29-30-31-33)16-32(14-17-7-9-20(27)10-8-17)15-19-11-18-12-22(35-4)23(36-5)13-21(18)28-25(19)34/h7-13H,6,14-16H2,1-5H3,(H,28,34). The Kier molecular flexibility index (Phi) is 7.35. The first kappa shape index (κ1) is 25.3. The molecule has 0 bridgehead atoms. The van der Waals surface area contributed by atoms with Crippen LogP contribution >= 0.6 is 0 Å². The third-order valence-electron chi connectivity index (χ3n) is 6.48. The first-order valence-electron chi connectivity index (χ1n) is 11.8. The highest BCUT2D eigenvalue weighted by Gasteiger charge is 2.25. The van der Waals surface area contributed by atoms with E-state index in [4.69, 9.17) is 9.47 Å².